The normalized spacial score (nSPS) is 13.4. The lowest BCUT2D eigenvalue weighted by molar-refractivity contribution is -0.192. The first-order valence-corrected chi connectivity index (χ1v) is 9.93. The highest BCUT2D eigenvalue weighted by molar-refractivity contribution is 5.95. The molecule has 0 saturated carbocycles. The Hall–Kier alpha value is -4.27. The van der Waals surface area contributed by atoms with Crippen molar-refractivity contribution >= 4 is 11.9 Å². The van der Waals surface area contributed by atoms with Crippen LogP contribution >= 0.6 is 0 Å². The number of nitrogens with zero attached hydrogens (tertiary/aromatic N) is 5. The highest BCUT2D eigenvalue weighted by Crippen LogP contribution is 2.25. The van der Waals surface area contributed by atoms with Crippen molar-refractivity contribution in [2.75, 3.05) is 13.1 Å². The van der Waals surface area contributed by atoms with Gasteiger partial charge in [-0.1, -0.05) is 0 Å². The van der Waals surface area contributed by atoms with E-state index in [1.807, 2.05) is 32.0 Å². The third-order valence-electron chi connectivity index (χ3n) is 5.04. The fourth-order valence-electron chi connectivity index (χ4n) is 3.03. The van der Waals surface area contributed by atoms with Gasteiger partial charge in [-0.05, 0) is 37.6 Å². The minimum Gasteiger partial charge on any atom is -0.475 e. The van der Waals surface area contributed by atoms with Gasteiger partial charge < -0.3 is 15.0 Å². The second-order valence-corrected chi connectivity index (χ2v) is 7.53. The largest absolute Gasteiger partial charge is 0.490 e. The molecule has 1 aliphatic rings. The number of H-pyrrole nitrogens is 1. The minimum atomic E-state index is -5.08. The van der Waals surface area contributed by atoms with Gasteiger partial charge in [0.1, 0.15) is 5.69 Å². The van der Waals surface area contributed by atoms with Crippen LogP contribution in [0.3, 0.4) is 0 Å². The van der Waals surface area contributed by atoms with Gasteiger partial charge >= 0.3 is 12.1 Å². The number of likely N-dealkylation sites (tertiary alicyclic amines) is 1. The number of hydrogen-bond donors (Lipinski definition) is 2. The number of carboxylic acids is 1. The molecule has 3 aromatic rings. The third-order valence-corrected chi connectivity index (χ3v) is 5.04. The molecule has 176 valence electrons. The number of carboxylic acid groups (broad SMARTS) is 1. The average Bonchev–Trinajstić information content (AvgIpc) is 3.11. The number of hydrogen-bond acceptors (Lipinski definition) is 6. The summed E-state index contributed by atoms with van der Waals surface area (Å²) in [5.41, 5.74) is 4.95. The Bertz CT molecular complexity index is 1240. The van der Waals surface area contributed by atoms with E-state index in [-0.39, 0.29) is 11.8 Å². The molecule has 1 saturated heterocycles. The summed E-state index contributed by atoms with van der Waals surface area (Å²) in [7, 11) is 0. The highest BCUT2D eigenvalue weighted by atomic mass is 19.4. The zero-order valence-corrected chi connectivity index (χ0v) is 18.1. The minimum absolute atomic E-state index is 0.0620. The van der Waals surface area contributed by atoms with Crippen molar-refractivity contribution in [3.05, 3.63) is 53.7 Å². The van der Waals surface area contributed by atoms with Crippen molar-refractivity contribution in [2.45, 2.75) is 20.0 Å². The molecule has 2 N–H and O–H groups in total. The van der Waals surface area contributed by atoms with Gasteiger partial charge in [-0.25, -0.2) is 9.78 Å². The highest BCUT2D eigenvalue weighted by Gasteiger charge is 2.38. The molecule has 12 heteroatoms. The van der Waals surface area contributed by atoms with E-state index in [1.54, 1.807) is 23.5 Å². The van der Waals surface area contributed by atoms with Crippen molar-refractivity contribution in [2.24, 2.45) is 5.92 Å². The lowest BCUT2D eigenvalue weighted by Gasteiger charge is -2.35. The van der Waals surface area contributed by atoms with Crippen molar-refractivity contribution in [3.8, 4) is 28.7 Å². The second kappa shape index (κ2) is 9.70. The summed E-state index contributed by atoms with van der Waals surface area (Å²) in [6.07, 6.45) is -0.0745. The molecule has 1 fully saturated rings. The lowest BCUT2D eigenvalue weighted by Crippen LogP contribution is -2.49. The molecule has 0 atom stereocenters. The maximum absolute atomic E-state index is 12.5. The Morgan fingerprint density at radius 1 is 1.21 bits per heavy atom. The lowest BCUT2D eigenvalue weighted by atomic mass is 10.00. The quantitative estimate of drug-likeness (QED) is 0.596. The SMILES string of the molecule is Cc1nc(-c2cc(-c3cncc(C(=O)N4CC(C#N)C4)c3)ccn2)[nH]c1C.O=C(O)C(F)(F)F. The summed E-state index contributed by atoms with van der Waals surface area (Å²) >= 11 is 0. The van der Waals surface area contributed by atoms with E-state index in [4.69, 9.17) is 15.2 Å². The number of pyridine rings is 2. The summed E-state index contributed by atoms with van der Waals surface area (Å²) in [6, 6.07) is 7.81. The Labute approximate surface area is 191 Å². The van der Waals surface area contributed by atoms with Crippen LogP contribution in [-0.2, 0) is 4.79 Å². The number of imidazole rings is 1. The number of amides is 1. The smallest absolute Gasteiger partial charge is 0.475 e. The van der Waals surface area contributed by atoms with E-state index in [1.165, 1.54) is 0 Å². The molecule has 0 bridgehead atoms. The Morgan fingerprint density at radius 2 is 1.88 bits per heavy atom. The number of nitriles is 1. The maximum Gasteiger partial charge on any atom is 0.490 e. The number of aromatic amines is 1. The van der Waals surface area contributed by atoms with Crippen LogP contribution in [0, 0.1) is 31.1 Å². The summed E-state index contributed by atoms with van der Waals surface area (Å²) in [5.74, 6) is -2.20. The standard InChI is InChI=1S/C20H18N6O.C2HF3O2/c1-12-13(2)25-19(24-12)18-6-15(3-4-23-18)16-5-17(9-22-8-16)20(27)26-10-14(7-21)11-26;3-2(4,5)1(6)7/h3-6,8-9,14H,10-11H2,1-2H3,(H,24,25);(H,6,7). The first-order chi connectivity index (χ1) is 16.0. The molecule has 3 aromatic heterocycles. The van der Waals surface area contributed by atoms with Crippen molar-refractivity contribution < 1.29 is 27.9 Å². The summed E-state index contributed by atoms with van der Waals surface area (Å²) < 4.78 is 31.7. The summed E-state index contributed by atoms with van der Waals surface area (Å²) in [6.45, 7) is 4.89. The van der Waals surface area contributed by atoms with Crippen LogP contribution in [0.1, 0.15) is 21.7 Å². The van der Waals surface area contributed by atoms with Crippen molar-refractivity contribution in [1.82, 2.24) is 24.8 Å². The number of aliphatic carboxylic acids is 1. The van der Waals surface area contributed by atoms with Gasteiger partial charge in [0.2, 0.25) is 0 Å². The number of carbonyl (C=O) groups excluding carboxylic acids is 1. The first kappa shape index (κ1) is 24.4. The molecule has 4 rings (SSSR count). The molecular weight excluding hydrogens is 453 g/mol. The van der Waals surface area contributed by atoms with Crippen LogP contribution in [0.4, 0.5) is 13.2 Å². The molecule has 0 spiro atoms. The van der Waals surface area contributed by atoms with Crippen LogP contribution in [0.5, 0.6) is 0 Å². The van der Waals surface area contributed by atoms with E-state index >= 15 is 0 Å². The van der Waals surface area contributed by atoms with Gasteiger partial charge in [0.05, 0.1) is 23.2 Å². The number of carbonyl (C=O) groups is 2. The second-order valence-electron chi connectivity index (χ2n) is 7.53. The topological polar surface area (TPSA) is 136 Å². The van der Waals surface area contributed by atoms with Crippen LogP contribution in [-0.4, -0.2) is 61.1 Å². The molecule has 9 nitrogen and oxygen atoms in total. The van der Waals surface area contributed by atoms with E-state index in [9.17, 15) is 18.0 Å². The number of aryl methyl sites for hydroxylation is 2. The van der Waals surface area contributed by atoms with Crippen LogP contribution < -0.4 is 0 Å². The molecule has 0 aliphatic carbocycles. The van der Waals surface area contributed by atoms with E-state index < -0.39 is 12.1 Å². The maximum atomic E-state index is 12.5. The number of halogens is 3. The summed E-state index contributed by atoms with van der Waals surface area (Å²) in [4.78, 5) is 39.5. The number of nitrogens with one attached hydrogen (secondary N) is 1. The molecule has 0 unspecified atom stereocenters. The van der Waals surface area contributed by atoms with E-state index in [0.717, 1.165) is 34.0 Å². The molecule has 1 aliphatic heterocycles. The number of rotatable bonds is 3. The predicted octanol–water partition coefficient (Wildman–Crippen LogP) is 3.38. The zero-order chi connectivity index (χ0) is 25.0. The molecule has 4 heterocycles. The zero-order valence-electron chi connectivity index (χ0n) is 18.1. The fourth-order valence-corrected chi connectivity index (χ4v) is 3.03. The van der Waals surface area contributed by atoms with Gasteiger partial charge in [0.25, 0.3) is 5.91 Å². The first-order valence-electron chi connectivity index (χ1n) is 9.93. The van der Waals surface area contributed by atoms with Gasteiger partial charge in [-0.3, -0.25) is 14.8 Å². The number of alkyl halides is 3. The molecule has 0 radical (unpaired) electrons. The Morgan fingerprint density at radius 3 is 2.44 bits per heavy atom. The Balaban J connectivity index is 0.000000406. The average molecular weight is 472 g/mol. The predicted molar refractivity (Wildman–Crippen MR) is 113 cm³/mol. The molecule has 34 heavy (non-hydrogen) atoms. The molecular formula is C22H19F3N6O3. The van der Waals surface area contributed by atoms with Gasteiger partial charge in [-0.2, -0.15) is 18.4 Å². The van der Waals surface area contributed by atoms with Gasteiger partial charge in [0.15, 0.2) is 5.82 Å². The van der Waals surface area contributed by atoms with Gasteiger partial charge in [-0.15, -0.1) is 0 Å². The molecule has 1 amide bonds. The third kappa shape index (κ3) is 5.55. The van der Waals surface area contributed by atoms with Crippen LogP contribution in [0.15, 0.2) is 36.8 Å². The molecule has 0 aromatic carbocycles. The fraction of sp³-hybridized carbons (Fsp3) is 0.273. The Kier molecular flexibility index (Phi) is 6.95. The van der Waals surface area contributed by atoms with Crippen LogP contribution in [0.2, 0.25) is 0 Å². The summed E-state index contributed by atoms with van der Waals surface area (Å²) in [5, 5.41) is 16.0. The van der Waals surface area contributed by atoms with Crippen molar-refractivity contribution in [3.63, 3.8) is 0 Å². The van der Waals surface area contributed by atoms with Crippen LogP contribution in [0.25, 0.3) is 22.6 Å². The van der Waals surface area contributed by atoms with Gasteiger partial charge in [0, 0.05) is 42.9 Å². The van der Waals surface area contributed by atoms with E-state index in [2.05, 4.69) is 26.0 Å². The monoisotopic (exact) mass is 472 g/mol. The number of aromatic nitrogens is 4. The van der Waals surface area contributed by atoms with Crippen molar-refractivity contribution in [1.29, 1.82) is 5.26 Å². The van der Waals surface area contributed by atoms with E-state index in [0.29, 0.717) is 18.7 Å².